The van der Waals surface area contributed by atoms with Crippen molar-refractivity contribution in [3.8, 4) is 5.75 Å². The van der Waals surface area contributed by atoms with E-state index in [1.165, 1.54) is 24.3 Å². The van der Waals surface area contributed by atoms with Gasteiger partial charge in [-0.05, 0) is 30.7 Å². The number of amides is 1. The largest absolute Gasteiger partial charge is 0.506 e. The molecule has 0 saturated heterocycles. The number of carbonyl (C=O) groups excluding carboxylic acids is 2. The molecular weight excluding hydrogens is 472 g/mol. The zero-order valence-electron chi connectivity index (χ0n) is 15.9. The molecule has 0 heterocycles. The van der Waals surface area contributed by atoms with Crippen LogP contribution in [0.2, 0.25) is 5.02 Å². The molecule has 0 aromatic heterocycles. The number of phenols is 1. The molecule has 2 rings (SSSR count). The van der Waals surface area contributed by atoms with Gasteiger partial charge in [0.1, 0.15) is 16.4 Å². The van der Waals surface area contributed by atoms with Crippen LogP contribution < -0.4 is 10.5 Å². The number of nitrogens with one attached hydrogen (secondary N) is 1. The molecular formula is C18H19ClN2O8S2. The van der Waals surface area contributed by atoms with Gasteiger partial charge in [0.2, 0.25) is 0 Å². The Bertz CT molecular complexity index is 1200. The van der Waals surface area contributed by atoms with Crippen LogP contribution in [-0.4, -0.2) is 44.2 Å². The van der Waals surface area contributed by atoms with Crippen molar-refractivity contribution in [3.05, 3.63) is 53.1 Å². The maximum atomic E-state index is 12.2. The van der Waals surface area contributed by atoms with Gasteiger partial charge < -0.3 is 10.8 Å². The summed E-state index contributed by atoms with van der Waals surface area (Å²) in [6, 6.07) is 7.83. The number of rotatable bonds is 9. The molecule has 2 aromatic rings. The third-order valence-corrected chi connectivity index (χ3v) is 6.59. The summed E-state index contributed by atoms with van der Waals surface area (Å²) in [7, 11) is -8.88. The molecule has 0 aliphatic heterocycles. The Balaban J connectivity index is 2.00. The molecule has 13 heteroatoms. The van der Waals surface area contributed by atoms with Crippen molar-refractivity contribution in [1.82, 2.24) is 4.72 Å². The highest BCUT2D eigenvalue weighted by Gasteiger charge is 2.24. The molecule has 168 valence electrons. The molecule has 0 bridgehead atoms. The van der Waals surface area contributed by atoms with E-state index in [1.54, 1.807) is 6.07 Å². The van der Waals surface area contributed by atoms with Gasteiger partial charge in [0, 0.05) is 23.4 Å². The Hall–Kier alpha value is -2.51. The average Bonchev–Trinajstić information content (AvgIpc) is 2.68. The van der Waals surface area contributed by atoms with Crippen LogP contribution in [0.1, 0.15) is 18.4 Å². The lowest BCUT2D eigenvalue weighted by molar-refractivity contribution is -0.121. The van der Waals surface area contributed by atoms with Crippen LogP contribution in [0.15, 0.2) is 52.3 Å². The molecule has 0 spiro atoms. The number of carbonyl (C=O) groups is 2. The zero-order chi connectivity index (χ0) is 23.4. The van der Waals surface area contributed by atoms with E-state index in [-0.39, 0.29) is 28.3 Å². The number of sulfonamides is 1. The molecule has 0 aliphatic carbocycles. The number of halogens is 1. The fourth-order valence-electron chi connectivity index (χ4n) is 2.57. The monoisotopic (exact) mass is 490 g/mol. The standard InChI is InChI=1S/C18H19ClN2O8S2/c19-12-8-11(17(23)16(10-12)31(27,28)29)9-13(22)6-7-15(20)18(24)21-30(25,26)14-4-2-1-3-5-14/h1-5,8,10,15,23H,6-7,9,20H2,(H,21,24)(H,27,28,29)/t15-/m0/s1. The predicted octanol–water partition coefficient (Wildman–Crippen LogP) is 1.02. The highest BCUT2D eigenvalue weighted by atomic mass is 35.5. The Labute approximate surface area is 183 Å². The fourth-order valence-corrected chi connectivity index (χ4v) is 4.58. The number of hydrogen-bond acceptors (Lipinski definition) is 8. The van der Waals surface area contributed by atoms with Gasteiger partial charge in [-0.15, -0.1) is 0 Å². The lowest BCUT2D eigenvalue weighted by Crippen LogP contribution is -2.43. The molecule has 0 aliphatic rings. The Morgan fingerprint density at radius 2 is 1.71 bits per heavy atom. The first-order valence-corrected chi connectivity index (χ1v) is 12.0. The Morgan fingerprint density at radius 1 is 1.10 bits per heavy atom. The molecule has 10 nitrogen and oxygen atoms in total. The number of benzene rings is 2. The van der Waals surface area contributed by atoms with Crippen LogP contribution in [0.4, 0.5) is 0 Å². The van der Waals surface area contributed by atoms with Crippen LogP contribution in [0.3, 0.4) is 0 Å². The van der Waals surface area contributed by atoms with Crippen molar-refractivity contribution in [2.45, 2.75) is 35.1 Å². The van der Waals surface area contributed by atoms with Crippen LogP contribution in [0.25, 0.3) is 0 Å². The van der Waals surface area contributed by atoms with Crippen LogP contribution in [0, 0.1) is 0 Å². The van der Waals surface area contributed by atoms with Gasteiger partial charge in [0.25, 0.3) is 26.0 Å². The van der Waals surface area contributed by atoms with E-state index in [2.05, 4.69) is 0 Å². The highest BCUT2D eigenvalue weighted by Crippen LogP contribution is 2.31. The lowest BCUT2D eigenvalue weighted by Gasteiger charge is -2.13. The Morgan fingerprint density at radius 3 is 2.29 bits per heavy atom. The second kappa shape index (κ2) is 9.75. The molecule has 1 amide bonds. The number of hydrogen-bond donors (Lipinski definition) is 4. The van der Waals surface area contributed by atoms with Crippen molar-refractivity contribution < 1.29 is 36.1 Å². The van der Waals surface area contributed by atoms with E-state index in [1.807, 2.05) is 4.72 Å². The first kappa shape index (κ1) is 24.8. The minimum Gasteiger partial charge on any atom is -0.506 e. The van der Waals surface area contributed by atoms with Crippen molar-refractivity contribution in [2.24, 2.45) is 5.73 Å². The third kappa shape index (κ3) is 6.74. The average molecular weight is 491 g/mol. The maximum absolute atomic E-state index is 12.2. The quantitative estimate of drug-likeness (QED) is 0.373. The van der Waals surface area contributed by atoms with Gasteiger partial charge in [0.15, 0.2) is 0 Å². The summed E-state index contributed by atoms with van der Waals surface area (Å²) in [5.74, 6) is -2.36. The molecule has 0 radical (unpaired) electrons. The molecule has 31 heavy (non-hydrogen) atoms. The van der Waals surface area contributed by atoms with Gasteiger partial charge in [0.05, 0.1) is 10.9 Å². The summed E-state index contributed by atoms with van der Waals surface area (Å²) in [6.07, 6.45) is -0.930. The van der Waals surface area contributed by atoms with E-state index < -0.39 is 54.9 Å². The van der Waals surface area contributed by atoms with Crippen molar-refractivity contribution in [2.75, 3.05) is 0 Å². The van der Waals surface area contributed by atoms with Gasteiger partial charge in [-0.1, -0.05) is 29.8 Å². The molecule has 0 unspecified atom stereocenters. The van der Waals surface area contributed by atoms with E-state index in [9.17, 15) is 31.5 Å². The molecule has 0 fully saturated rings. The van der Waals surface area contributed by atoms with Crippen LogP contribution in [0.5, 0.6) is 5.75 Å². The van der Waals surface area contributed by atoms with E-state index in [0.29, 0.717) is 0 Å². The molecule has 5 N–H and O–H groups in total. The normalized spacial score (nSPS) is 12.9. The van der Waals surface area contributed by atoms with Crippen LogP contribution >= 0.6 is 11.6 Å². The van der Waals surface area contributed by atoms with Crippen molar-refractivity contribution >= 4 is 43.4 Å². The van der Waals surface area contributed by atoms with Gasteiger partial charge in [-0.3, -0.25) is 14.1 Å². The number of Topliss-reactive ketones (excluding diaryl/α,β-unsaturated/α-hetero) is 1. The molecule has 2 aromatic carbocycles. The lowest BCUT2D eigenvalue weighted by atomic mass is 10.0. The van der Waals surface area contributed by atoms with Crippen molar-refractivity contribution in [1.29, 1.82) is 0 Å². The maximum Gasteiger partial charge on any atom is 0.298 e. The van der Waals surface area contributed by atoms with Gasteiger partial charge in [-0.25, -0.2) is 13.1 Å². The van der Waals surface area contributed by atoms with E-state index >= 15 is 0 Å². The first-order valence-electron chi connectivity index (χ1n) is 8.69. The zero-order valence-corrected chi connectivity index (χ0v) is 18.2. The van der Waals surface area contributed by atoms with Crippen LogP contribution in [-0.2, 0) is 36.2 Å². The molecule has 0 saturated carbocycles. The second-order valence-corrected chi connectivity index (χ2v) is 10.0. The SMILES string of the molecule is N[C@@H](CCC(=O)Cc1cc(Cl)cc(S(=O)(=O)O)c1O)C(=O)NS(=O)(=O)c1ccccc1. The minimum absolute atomic E-state index is 0.127. The van der Waals surface area contributed by atoms with E-state index in [4.69, 9.17) is 21.9 Å². The summed E-state index contributed by atoms with van der Waals surface area (Å²) in [5, 5.41) is 9.86. The smallest absolute Gasteiger partial charge is 0.298 e. The third-order valence-electron chi connectivity index (χ3n) is 4.14. The summed E-state index contributed by atoms with van der Waals surface area (Å²) >= 11 is 5.76. The number of nitrogens with two attached hydrogens (primary N) is 1. The van der Waals surface area contributed by atoms with Gasteiger partial charge >= 0.3 is 0 Å². The number of aromatic hydroxyl groups is 1. The topological polar surface area (TPSA) is 181 Å². The van der Waals surface area contributed by atoms with Crippen molar-refractivity contribution in [3.63, 3.8) is 0 Å². The second-order valence-electron chi connectivity index (χ2n) is 6.53. The number of ketones is 1. The summed E-state index contributed by atoms with van der Waals surface area (Å²) in [6.45, 7) is 0. The number of phenolic OH excluding ortho intramolecular Hbond substituents is 1. The minimum atomic E-state index is -4.77. The summed E-state index contributed by atoms with van der Waals surface area (Å²) < 4.78 is 57.8. The summed E-state index contributed by atoms with van der Waals surface area (Å²) in [4.78, 5) is 23.3. The highest BCUT2D eigenvalue weighted by molar-refractivity contribution is 7.90. The van der Waals surface area contributed by atoms with Gasteiger partial charge in [-0.2, -0.15) is 8.42 Å². The molecule has 1 atom stereocenters. The first-order chi connectivity index (χ1) is 14.3. The van der Waals surface area contributed by atoms with E-state index in [0.717, 1.165) is 12.1 Å². The predicted molar refractivity (Wildman–Crippen MR) is 111 cm³/mol. The fraction of sp³-hybridized carbons (Fsp3) is 0.222. The summed E-state index contributed by atoms with van der Waals surface area (Å²) in [5.41, 5.74) is 5.52. The Kier molecular flexibility index (Phi) is 7.78.